The van der Waals surface area contributed by atoms with E-state index in [-0.39, 0.29) is 30.2 Å². The second-order valence-corrected chi connectivity index (χ2v) is 9.04. The molecule has 0 unspecified atom stereocenters. The number of hydrogen-bond acceptors (Lipinski definition) is 9. The number of thioether (sulfide) groups is 1. The number of nitrogens with zero attached hydrogens (tertiary/aromatic N) is 2. The quantitative estimate of drug-likeness (QED) is 0.342. The number of esters is 1. The lowest BCUT2D eigenvalue weighted by Gasteiger charge is -2.21. The molecule has 35 heavy (non-hydrogen) atoms. The van der Waals surface area contributed by atoms with Crippen molar-refractivity contribution in [3.8, 4) is 11.5 Å². The summed E-state index contributed by atoms with van der Waals surface area (Å²) in [5, 5.41) is 13.4. The molecule has 0 aliphatic carbocycles. The molecule has 11 heteroatoms. The van der Waals surface area contributed by atoms with Crippen LogP contribution in [-0.2, 0) is 20.7 Å². The Balaban J connectivity index is 1.33. The Morgan fingerprint density at radius 3 is 2.71 bits per heavy atom. The van der Waals surface area contributed by atoms with Crippen molar-refractivity contribution in [2.45, 2.75) is 31.4 Å². The van der Waals surface area contributed by atoms with Gasteiger partial charge in [0.05, 0.1) is 12.7 Å². The summed E-state index contributed by atoms with van der Waals surface area (Å²) in [4.78, 5) is 36.4. The van der Waals surface area contributed by atoms with Gasteiger partial charge in [-0.2, -0.15) is 5.10 Å². The summed E-state index contributed by atoms with van der Waals surface area (Å²) in [6, 6.07) is 12.1. The summed E-state index contributed by atoms with van der Waals surface area (Å²) in [5.74, 6) is 0.369. The van der Waals surface area contributed by atoms with Gasteiger partial charge in [-0.1, -0.05) is 17.8 Å². The molecule has 0 radical (unpaired) electrons. The minimum Gasteiger partial charge on any atom is -0.465 e. The Kier molecular flexibility index (Phi) is 7.66. The van der Waals surface area contributed by atoms with E-state index in [1.54, 1.807) is 24.3 Å². The third kappa shape index (κ3) is 6.38. The number of hydrogen-bond donors (Lipinski definition) is 2. The van der Waals surface area contributed by atoms with Gasteiger partial charge >= 0.3 is 5.97 Å². The number of anilines is 1. The number of nitrogens with one attached hydrogen (secondary N) is 2. The van der Waals surface area contributed by atoms with E-state index in [1.807, 2.05) is 25.1 Å². The van der Waals surface area contributed by atoms with Crippen LogP contribution in [0.5, 0.6) is 11.5 Å². The molecule has 2 aromatic carbocycles. The zero-order valence-corrected chi connectivity index (χ0v) is 20.0. The molecular weight excluding hydrogens is 472 g/mol. The van der Waals surface area contributed by atoms with Gasteiger partial charge in [-0.15, -0.1) is 5.10 Å². The predicted molar refractivity (Wildman–Crippen MR) is 132 cm³/mol. The van der Waals surface area contributed by atoms with E-state index in [2.05, 4.69) is 25.6 Å². The average Bonchev–Trinajstić information content (AvgIpc) is 3.34. The lowest BCUT2D eigenvalue weighted by molar-refractivity contribution is -0.123. The Labute approximate surface area is 206 Å². The molecule has 1 fully saturated rings. The molecule has 0 aromatic heterocycles. The number of aryl methyl sites for hydroxylation is 1. The van der Waals surface area contributed by atoms with Gasteiger partial charge < -0.3 is 24.8 Å². The van der Waals surface area contributed by atoms with E-state index in [0.717, 1.165) is 41.0 Å². The molecule has 2 aromatic rings. The van der Waals surface area contributed by atoms with Crippen molar-refractivity contribution in [1.29, 1.82) is 0 Å². The van der Waals surface area contributed by atoms with Crippen LogP contribution in [-0.4, -0.2) is 47.8 Å². The number of fused-ring (bicyclic) bond motifs is 1. The number of amidine groups is 1. The Morgan fingerprint density at radius 1 is 1.17 bits per heavy atom. The molecule has 1 atom stereocenters. The van der Waals surface area contributed by atoms with Gasteiger partial charge in [0.1, 0.15) is 5.25 Å². The monoisotopic (exact) mass is 496 g/mol. The first kappa shape index (κ1) is 24.3. The van der Waals surface area contributed by atoms with Crippen LogP contribution < -0.4 is 20.1 Å². The SMILES string of the molecule is COC(=O)c1ccc(NC(=O)[C@@H]2CC(=O)N/C(=N/N=C(/C)CCc3ccc4c(c3)OCO4)S2)cc1. The van der Waals surface area contributed by atoms with Gasteiger partial charge in [0.2, 0.25) is 18.6 Å². The van der Waals surface area contributed by atoms with Crippen LogP contribution in [0.25, 0.3) is 0 Å². The molecule has 0 spiro atoms. The number of ether oxygens (including phenoxy) is 3. The fourth-order valence-electron chi connectivity index (χ4n) is 3.37. The van der Waals surface area contributed by atoms with Gasteiger partial charge in [0.25, 0.3) is 0 Å². The first-order valence-corrected chi connectivity index (χ1v) is 11.7. The maximum absolute atomic E-state index is 12.7. The van der Waals surface area contributed by atoms with E-state index in [0.29, 0.717) is 17.7 Å². The molecule has 0 bridgehead atoms. The molecule has 1 saturated heterocycles. The molecule has 2 aliphatic heterocycles. The van der Waals surface area contributed by atoms with Crippen molar-refractivity contribution in [1.82, 2.24) is 5.32 Å². The Morgan fingerprint density at radius 2 is 1.94 bits per heavy atom. The van der Waals surface area contributed by atoms with Crippen LogP contribution in [0.3, 0.4) is 0 Å². The first-order valence-electron chi connectivity index (χ1n) is 10.9. The number of methoxy groups -OCH3 is 1. The van der Waals surface area contributed by atoms with E-state index < -0.39 is 11.2 Å². The predicted octanol–water partition coefficient (Wildman–Crippen LogP) is 3.13. The molecular formula is C24H24N4O6S. The van der Waals surface area contributed by atoms with Crippen molar-refractivity contribution < 1.29 is 28.6 Å². The minimum atomic E-state index is -0.660. The largest absolute Gasteiger partial charge is 0.465 e. The molecule has 2 aliphatic rings. The zero-order valence-electron chi connectivity index (χ0n) is 19.2. The maximum atomic E-state index is 12.7. The van der Waals surface area contributed by atoms with Crippen LogP contribution in [0.1, 0.15) is 35.7 Å². The van der Waals surface area contributed by atoms with Crippen LogP contribution in [0.4, 0.5) is 5.69 Å². The number of amides is 2. The lowest BCUT2D eigenvalue weighted by Crippen LogP contribution is -2.41. The van der Waals surface area contributed by atoms with Crippen LogP contribution in [0.2, 0.25) is 0 Å². The fraction of sp³-hybridized carbons (Fsp3) is 0.292. The van der Waals surface area contributed by atoms with Crippen molar-refractivity contribution >= 4 is 46.1 Å². The summed E-state index contributed by atoms with van der Waals surface area (Å²) < 4.78 is 15.4. The summed E-state index contributed by atoms with van der Waals surface area (Å²) in [7, 11) is 1.30. The summed E-state index contributed by atoms with van der Waals surface area (Å²) in [6.45, 7) is 2.09. The smallest absolute Gasteiger partial charge is 0.337 e. The highest BCUT2D eigenvalue weighted by Crippen LogP contribution is 2.32. The maximum Gasteiger partial charge on any atom is 0.337 e. The highest BCUT2D eigenvalue weighted by molar-refractivity contribution is 8.15. The molecule has 10 nitrogen and oxygen atoms in total. The van der Waals surface area contributed by atoms with Crippen LogP contribution in [0, 0.1) is 0 Å². The van der Waals surface area contributed by atoms with Crippen molar-refractivity contribution in [3.63, 3.8) is 0 Å². The highest BCUT2D eigenvalue weighted by Gasteiger charge is 2.30. The Hall–Kier alpha value is -3.86. The summed E-state index contributed by atoms with van der Waals surface area (Å²) in [6.07, 6.45) is 1.43. The molecule has 2 heterocycles. The topological polar surface area (TPSA) is 128 Å². The van der Waals surface area contributed by atoms with Crippen molar-refractivity contribution in [3.05, 3.63) is 53.6 Å². The van der Waals surface area contributed by atoms with Gasteiger partial charge in [0.15, 0.2) is 16.7 Å². The van der Waals surface area contributed by atoms with Gasteiger partial charge in [-0.05, 0) is 61.7 Å². The van der Waals surface area contributed by atoms with Crippen LogP contribution >= 0.6 is 11.8 Å². The minimum absolute atomic E-state index is 0.0164. The van der Waals surface area contributed by atoms with Crippen LogP contribution in [0.15, 0.2) is 52.7 Å². The standard InChI is InChI=1S/C24H24N4O6S/c1-14(3-4-15-5-10-18-19(11-15)34-13-33-18)27-28-24-26-21(29)12-20(35-24)22(30)25-17-8-6-16(7-9-17)23(31)32-2/h5-11,20H,3-4,12-13H2,1-2H3,(H,25,30)(H,26,28,29)/b27-14-/t20-/m0/s1. The molecule has 4 rings (SSSR count). The van der Waals surface area contributed by atoms with E-state index in [4.69, 9.17) is 9.47 Å². The first-order chi connectivity index (χ1) is 16.9. The molecule has 182 valence electrons. The lowest BCUT2D eigenvalue weighted by atomic mass is 10.1. The number of carbonyl (C=O) groups excluding carboxylic acids is 3. The van der Waals surface area contributed by atoms with E-state index >= 15 is 0 Å². The normalized spacial score (nSPS) is 18.2. The van der Waals surface area contributed by atoms with Crippen molar-refractivity contribution in [2.75, 3.05) is 19.2 Å². The highest BCUT2D eigenvalue weighted by atomic mass is 32.2. The number of carbonyl (C=O) groups is 3. The average molecular weight is 497 g/mol. The van der Waals surface area contributed by atoms with E-state index in [1.165, 1.54) is 7.11 Å². The summed E-state index contributed by atoms with van der Waals surface area (Å²) in [5.41, 5.74) is 2.75. The third-order valence-electron chi connectivity index (χ3n) is 5.26. The van der Waals surface area contributed by atoms with Gasteiger partial charge in [-0.25, -0.2) is 4.79 Å². The molecule has 0 saturated carbocycles. The molecule has 2 N–H and O–H groups in total. The van der Waals surface area contributed by atoms with Gasteiger partial charge in [-0.3, -0.25) is 9.59 Å². The van der Waals surface area contributed by atoms with Crippen molar-refractivity contribution in [2.24, 2.45) is 10.2 Å². The zero-order chi connectivity index (χ0) is 24.8. The Bertz CT molecular complexity index is 1200. The fourth-order valence-corrected chi connectivity index (χ4v) is 4.30. The molecule has 2 amide bonds. The number of rotatable bonds is 7. The van der Waals surface area contributed by atoms with E-state index in [9.17, 15) is 14.4 Å². The van der Waals surface area contributed by atoms with Gasteiger partial charge in [0, 0.05) is 17.8 Å². The summed E-state index contributed by atoms with van der Waals surface area (Å²) >= 11 is 1.14. The second-order valence-electron chi connectivity index (χ2n) is 7.85. The third-order valence-corrected chi connectivity index (χ3v) is 6.33. The number of benzene rings is 2. The second kappa shape index (κ2) is 11.0.